The molecule has 0 amide bonds. The van der Waals surface area contributed by atoms with E-state index in [0.29, 0.717) is 5.69 Å². The molecular weight excluding hydrogens is 198 g/mol. The fraction of sp³-hybridized carbons (Fsp3) is 0.143. The highest BCUT2D eigenvalue weighted by Crippen LogP contribution is 2.25. The van der Waals surface area contributed by atoms with Crippen molar-refractivity contribution in [3.05, 3.63) is 65.2 Å². The summed E-state index contributed by atoms with van der Waals surface area (Å²) in [5, 5.41) is 10.2. The molecule has 0 fully saturated rings. The first-order valence-electron chi connectivity index (χ1n) is 5.27. The number of aliphatic hydroxyl groups is 1. The molecule has 0 saturated carbocycles. The van der Waals surface area contributed by atoms with E-state index < -0.39 is 6.10 Å². The van der Waals surface area contributed by atoms with E-state index in [1.807, 2.05) is 49.4 Å². The Bertz CT molecular complexity index is 494. The molecular formula is C14H15NO. The van der Waals surface area contributed by atoms with Crippen molar-refractivity contribution < 1.29 is 5.11 Å². The molecule has 0 aliphatic rings. The first-order chi connectivity index (χ1) is 7.68. The van der Waals surface area contributed by atoms with Gasteiger partial charge in [0.1, 0.15) is 6.10 Å². The summed E-state index contributed by atoms with van der Waals surface area (Å²) in [6.45, 7) is 1.99. The Balaban J connectivity index is 2.39. The summed E-state index contributed by atoms with van der Waals surface area (Å²) in [6, 6.07) is 15.2. The van der Waals surface area contributed by atoms with Gasteiger partial charge in [0.05, 0.1) is 0 Å². The van der Waals surface area contributed by atoms with Gasteiger partial charge in [-0.2, -0.15) is 0 Å². The Kier molecular flexibility index (Phi) is 2.93. The Morgan fingerprint density at radius 3 is 2.50 bits per heavy atom. The van der Waals surface area contributed by atoms with Gasteiger partial charge in [0.25, 0.3) is 0 Å². The van der Waals surface area contributed by atoms with Crippen LogP contribution >= 0.6 is 0 Å². The van der Waals surface area contributed by atoms with E-state index in [-0.39, 0.29) is 0 Å². The van der Waals surface area contributed by atoms with Crippen molar-refractivity contribution >= 4 is 5.69 Å². The van der Waals surface area contributed by atoms with Gasteiger partial charge in [0.15, 0.2) is 0 Å². The Morgan fingerprint density at radius 1 is 1.06 bits per heavy atom. The quantitative estimate of drug-likeness (QED) is 0.753. The third-order valence-electron chi connectivity index (χ3n) is 2.71. The van der Waals surface area contributed by atoms with Crippen LogP contribution in [0.15, 0.2) is 48.5 Å². The van der Waals surface area contributed by atoms with Crippen molar-refractivity contribution in [2.45, 2.75) is 13.0 Å². The molecule has 0 bridgehead atoms. The highest BCUT2D eigenvalue weighted by molar-refractivity contribution is 5.44. The molecule has 2 nitrogen and oxygen atoms in total. The van der Waals surface area contributed by atoms with Gasteiger partial charge in [-0.15, -0.1) is 0 Å². The van der Waals surface area contributed by atoms with Gasteiger partial charge in [0.2, 0.25) is 0 Å². The molecule has 0 saturated heterocycles. The van der Waals surface area contributed by atoms with Crippen LogP contribution in [0.5, 0.6) is 0 Å². The Morgan fingerprint density at radius 2 is 1.81 bits per heavy atom. The molecule has 0 heterocycles. The SMILES string of the molecule is Cc1ccccc1C(O)c1cccc(N)c1. The summed E-state index contributed by atoms with van der Waals surface area (Å²) < 4.78 is 0. The second-order valence-corrected chi connectivity index (χ2v) is 3.93. The minimum Gasteiger partial charge on any atom is -0.399 e. The lowest BCUT2D eigenvalue weighted by atomic mass is 9.97. The molecule has 2 aromatic rings. The molecule has 2 rings (SSSR count). The van der Waals surface area contributed by atoms with Gasteiger partial charge in [0, 0.05) is 5.69 Å². The Hall–Kier alpha value is -1.80. The fourth-order valence-corrected chi connectivity index (χ4v) is 1.80. The van der Waals surface area contributed by atoms with Gasteiger partial charge in [-0.3, -0.25) is 0 Å². The predicted octanol–water partition coefficient (Wildman–Crippen LogP) is 2.66. The monoisotopic (exact) mass is 213 g/mol. The van der Waals surface area contributed by atoms with Crippen molar-refractivity contribution in [2.75, 3.05) is 5.73 Å². The van der Waals surface area contributed by atoms with Crippen molar-refractivity contribution in [1.29, 1.82) is 0 Å². The number of nitrogen functional groups attached to an aromatic ring is 1. The highest BCUT2D eigenvalue weighted by Gasteiger charge is 2.11. The molecule has 1 unspecified atom stereocenters. The molecule has 1 atom stereocenters. The number of aliphatic hydroxyl groups excluding tert-OH is 1. The van der Waals surface area contributed by atoms with Crippen LogP contribution in [0.1, 0.15) is 22.8 Å². The minimum atomic E-state index is -0.607. The molecule has 0 spiro atoms. The van der Waals surface area contributed by atoms with Gasteiger partial charge < -0.3 is 10.8 Å². The lowest BCUT2D eigenvalue weighted by Gasteiger charge is -2.14. The highest BCUT2D eigenvalue weighted by atomic mass is 16.3. The van der Waals surface area contributed by atoms with Crippen LogP contribution in [0.2, 0.25) is 0 Å². The van der Waals surface area contributed by atoms with Crippen LogP contribution in [-0.4, -0.2) is 5.11 Å². The number of rotatable bonds is 2. The van der Waals surface area contributed by atoms with E-state index in [1.165, 1.54) is 0 Å². The molecule has 0 aromatic heterocycles. The average Bonchev–Trinajstić information content (AvgIpc) is 2.29. The molecule has 0 radical (unpaired) electrons. The molecule has 2 heteroatoms. The van der Waals surface area contributed by atoms with E-state index >= 15 is 0 Å². The van der Waals surface area contributed by atoms with Crippen molar-refractivity contribution in [3.63, 3.8) is 0 Å². The number of anilines is 1. The summed E-state index contributed by atoms with van der Waals surface area (Å²) in [5.74, 6) is 0. The summed E-state index contributed by atoms with van der Waals surface area (Å²) in [7, 11) is 0. The minimum absolute atomic E-state index is 0.607. The zero-order chi connectivity index (χ0) is 11.5. The van der Waals surface area contributed by atoms with Crippen molar-refractivity contribution in [3.8, 4) is 0 Å². The molecule has 0 aliphatic heterocycles. The van der Waals surface area contributed by atoms with E-state index in [2.05, 4.69) is 0 Å². The number of aryl methyl sites for hydroxylation is 1. The zero-order valence-corrected chi connectivity index (χ0v) is 9.22. The second-order valence-electron chi connectivity index (χ2n) is 3.93. The third kappa shape index (κ3) is 2.07. The number of nitrogens with two attached hydrogens (primary N) is 1. The molecule has 2 aromatic carbocycles. The average molecular weight is 213 g/mol. The summed E-state index contributed by atoms with van der Waals surface area (Å²) in [4.78, 5) is 0. The molecule has 0 aliphatic carbocycles. The molecule has 16 heavy (non-hydrogen) atoms. The maximum Gasteiger partial charge on any atom is 0.104 e. The summed E-state index contributed by atoms with van der Waals surface area (Å²) in [6.07, 6.45) is -0.607. The van der Waals surface area contributed by atoms with Gasteiger partial charge in [-0.1, -0.05) is 36.4 Å². The largest absolute Gasteiger partial charge is 0.399 e. The van der Waals surface area contributed by atoms with E-state index in [9.17, 15) is 5.11 Å². The smallest absolute Gasteiger partial charge is 0.104 e. The van der Waals surface area contributed by atoms with Gasteiger partial charge >= 0.3 is 0 Å². The third-order valence-corrected chi connectivity index (χ3v) is 2.71. The number of hydrogen-bond donors (Lipinski definition) is 2. The summed E-state index contributed by atoms with van der Waals surface area (Å²) >= 11 is 0. The van der Waals surface area contributed by atoms with Crippen LogP contribution < -0.4 is 5.73 Å². The second kappa shape index (κ2) is 4.37. The van der Waals surface area contributed by atoms with Crippen LogP contribution in [0, 0.1) is 6.92 Å². The molecule has 3 N–H and O–H groups in total. The first-order valence-corrected chi connectivity index (χ1v) is 5.27. The Labute approximate surface area is 95.4 Å². The van der Waals surface area contributed by atoms with E-state index in [0.717, 1.165) is 16.7 Å². The van der Waals surface area contributed by atoms with Crippen molar-refractivity contribution in [1.82, 2.24) is 0 Å². The lowest BCUT2D eigenvalue weighted by Crippen LogP contribution is -2.02. The van der Waals surface area contributed by atoms with E-state index in [1.54, 1.807) is 6.07 Å². The van der Waals surface area contributed by atoms with Crippen LogP contribution in [0.4, 0.5) is 5.69 Å². The van der Waals surface area contributed by atoms with E-state index in [4.69, 9.17) is 5.73 Å². The standard InChI is InChI=1S/C14H15NO/c1-10-5-2-3-8-13(10)14(16)11-6-4-7-12(15)9-11/h2-9,14,16H,15H2,1H3. The molecule has 82 valence electrons. The van der Waals surface area contributed by atoms with Gasteiger partial charge in [-0.25, -0.2) is 0 Å². The normalized spacial score (nSPS) is 12.4. The van der Waals surface area contributed by atoms with Crippen LogP contribution in [-0.2, 0) is 0 Å². The van der Waals surface area contributed by atoms with Crippen LogP contribution in [0.25, 0.3) is 0 Å². The van der Waals surface area contributed by atoms with Gasteiger partial charge in [-0.05, 0) is 35.7 Å². The predicted molar refractivity (Wildman–Crippen MR) is 66.1 cm³/mol. The topological polar surface area (TPSA) is 46.2 Å². The number of benzene rings is 2. The first kappa shape index (κ1) is 10.7. The maximum atomic E-state index is 10.2. The maximum absolute atomic E-state index is 10.2. The number of hydrogen-bond acceptors (Lipinski definition) is 2. The fourth-order valence-electron chi connectivity index (χ4n) is 1.80. The summed E-state index contributed by atoms with van der Waals surface area (Å²) in [5.41, 5.74) is 9.21. The van der Waals surface area contributed by atoms with Crippen molar-refractivity contribution in [2.24, 2.45) is 0 Å². The lowest BCUT2D eigenvalue weighted by molar-refractivity contribution is 0.219. The zero-order valence-electron chi connectivity index (χ0n) is 9.22. The van der Waals surface area contributed by atoms with Crippen LogP contribution in [0.3, 0.4) is 0 Å².